The number of nitrogens with one attached hydrogen (secondary N) is 3. The van der Waals surface area contributed by atoms with Crippen LogP contribution in [0, 0.1) is 10.8 Å². The molecule has 2 aromatic heterocycles. The van der Waals surface area contributed by atoms with E-state index in [1.54, 1.807) is 22.8 Å². The number of pyridine rings is 1. The van der Waals surface area contributed by atoms with Crippen molar-refractivity contribution in [1.82, 2.24) is 19.4 Å². The van der Waals surface area contributed by atoms with Gasteiger partial charge in [-0.05, 0) is 74.0 Å². The van der Waals surface area contributed by atoms with Crippen molar-refractivity contribution in [3.63, 3.8) is 0 Å². The highest BCUT2D eigenvalue weighted by Crippen LogP contribution is 2.43. The lowest BCUT2D eigenvalue weighted by molar-refractivity contribution is 0.0636. The minimum absolute atomic E-state index is 0.0669. The smallest absolute Gasteiger partial charge is 0.321 e. The summed E-state index contributed by atoms with van der Waals surface area (Å²) in [5.41, 5.74) is 3.93. The number of piperidine rings is 1. The molecule has 9 heteroatoms. The molecule has 3 aromatic rings. The number of benzene rings is 1. The van der Waals surface area contributed by atoms with Gasteiger partial charge in [0.1, 0.15) is 11.4 Å². The molecule has 3 heterocycles. The molecule has 3 aliphatic rings. The van der Waals surface area contributed by atoms with Crippen LogP contribution in [0.4, 0.5) is 8.78 Å². The van der Waals surface area contributed by atoms with E-state index in [2.05, 4.69) is 16.0 Å². The minimum Gasteiger partial charge on any atom is -0.353 e. The first kappa shape index (κ1) is 30.6. The molecule has 2 aliphatic carbocycles. The number of nitrogens with zero attached hydrogens (tertiary/aromatic N) is 3. The number of rotatable bonds is 8. The van der Waals surface area contributed by atoms with Gasteiger partial charge in [0.25, 0.3) is 5.56 Å². The number of aromatic amines is 1. The lowest BCUT2D eigenvalue weighted by Crippen LogP contribution is -2.34. The van der Waals surface area contributed by atoms with Crippen LogP contribution < -0.4 is 5.56 Å². The molecule has 0 unspecified atom stereocenters. The van der Waals surface area contributed by atoms with Crippen LogP contribution in [-0.2, 0) is 13.0 Å². The maximum absolute atomic E-state index is 13.5. The van der Waals surface area contributed by atoms with E-state index in [9.17, 15) is 13.6 Å². The maximum atomic E-state index is 13.5. The van der Waals surface area contributed by atoms with Gasteiger partial charge in [-0.25, -0.2) is 0 Å². The number of amidine groups is 1. The number of hydrogen-bond acceptors (Lipinski definition) is 4. The second-order valence-corrected chi connectivity index (χ2v) is 11.0. The van der Waals surface area contributed by atoms with Crippen molar-refractivity contribution in [1.29, 1.82) is 10.8 Å². The molecule has 1 saturated heterocycles. The van der Waals surface area contributed by atoms with E-state index in [1.165, 1.54) is 44.9 Å². The number of alkyl halides is 2. The highest BCUT2D eigenvalue weighted by Gasteiger charge is 2.28. The van der Waals surface area contributed by atoms with Gasteiger partial charge in [0.15, 0.2) is 0 Å². The summed E-state index contributed by atoms with van der Waals surface area (Å²) in [5.74, 6) is 0.0619. The molecule has 0 amide bonds. The van der Waals surface area contributed by atoms with Crippen LogP contribution >= 0.6 is 0 Å². The van der Waals surface area contributed by atoms with E-state index in [1.807, 2.05) is 26.1 Å². The molecule has 1 aliphatic heterocycles. The lowest BCUT2D eigenvalue weighted by atomic mass is 10.0. The molecule has 0 radical (unpaired) electrons. The van der Waals surface area contributed by atoms with E-state index in [0.29, 0.717) is 33.9 Å². The molecule has 0 spiro atoms. The quantitative estimate of drug-likeness (QED) is 0.151. The lowest BCUT2D eigenvalue weighted by Gasteiger charge is -2.25. The summed E-state index contributed by atoms with van der Waals surface area (Å²) in [6.07, 6.45) is 14.2. The van der Waals surface area contributed by atoms with Gasteiger partial charge in [-0.3, -0.25) is 30.0 Å². The molecule has 7 nitrogen and oxygen atoms in total. The minimum atomic E-state index is -2.94. The van der Waals surface area contributed by atoms with Crippen LogP contribution in [-0.4, -0.2) is 51.2 Å². The van der Waals surface area contributed by atoms with Gasteiger partial charge in [-0.2, -0.15) is 8.78 Å². The fourth-order valence-corrected chi connectivity index (χ4v) is 5.25. The Hall–Kier alpha value is -3.33. The summed E-state index contributed by atoms with van der Waals surface area (Å²) >= 11 is 0. The van der Waals surface area contributed by atoms with E-state index >= 15 is 0 Å². The summed E-state index contributed by atoms with van der Waals surface area (Å²) in [6, 6.07) is 9.21. The fraction of sp³-hybridized carbons (Fsp3) is 0.531. The van der Waals surface area contributed by atoms with Gasteiger partial charge in [0.2, 0.25) is 0 Å². The van der Waals surface area contributed by atoms with E-state index in [0.717, 1.165) is 49.1 Å². The van der Waals surface area contributed by atoms with Gasteiger partial charge in [0, 0.05) is 35.9 Å². The maximum Gasteiger partial charge on any atom is 0.321 e. The average molecular weight is 567 g/mol. The largest absolute Gasteiger partial charge is 0.353 e. The molecule has 41 heavy (non-hydrogen) atoms. The van der Waals surface area contributed by atoms with Crippen molar-refractivity contribution in [3.05, 3.63) is 63.7 Å². The fourth-order valence-electron chi connectivity index (χ4n) is 5.25. The van der Waals surface area contributed by atoms with Crippen LogP contribution in [0.25, 0.3) is 16.6 Å². The van der Waals surface area contributed by atoms with Gasteiger partial charge in [-0.1, -0.05) is 58.1 Å². The summed E-state index contributed by atoms with van der Waals surface area (Å²) < 4.78 is 27.7. The highest BCUT2D eigenvalue weighted by atomic mass is 19.3. The molecule has 222 valence electrons. The zero-order valence-electron chi connectivity index (χ0n) is 24.4. The van der Waals surface area contributed by atoms with E-state index in [4.69, 9.17) is 10.8 Å². The first-order chi connectivity index (χ1) is 19.9. The summed E-state index contributed by atoms with van der Waals surface area (Å²) in [4.78, 5) is 19.7. The van der Waals surface area contributed by atoms with Crippen LogP contribution in [0.3, 0.4) is 0 Å². The summed E-state index contributed by atoms with van der Waals surface area (Å²) in [5, 5.41) is 16.1. The molecule has 6 rings (SSSR count). The molecular formula is C32H44F2N6O. The predicted molar refractivity (Wildman–Crippen MR) is 163 cm³/mol. The first-order valence-corrected chi connectivity index (χ1v) is 15.2. The Labute approximate surface area is 241 Å². The predicted octanol–water partition coefficient (Wildman–Crippen LogP) is 7.42. The van der Waals surface area contributed by atoms with Crippen molar-refractivity contribution in [2.24, 2.45) is 0 Å². The second kappa shape index (κ2) is 14.5. The molecule has 0 bridgehead atoms. The highest BCUT2D eigenvalue weighted by molar-refractivity contribution is 5.90. The number of aromatic nitrogens is 2. The normalized spacial score (nSPS) is 16.7. The molecule has 1 aromatic carbocycles. The van der Waals surface area contributed by atoms with Gasteiger partial charge in [0.05, 0.1) is 6.34 Å². The number of likely N-dealkylation sites (tertiary alicyclic amines) is 1. The Kier molecular flexibility index (Phi) is 10.9. The van der Waals surface area contributed by atoms with Gasteiger partial charge < -0.3 is 4.98 Å². The monoisotopic (exact) mass is 566 g/mol. The number of H-pyrrole nitrogens is 1. The number of hydrogen-bond donors (Lipinski definition) is 3. The third kappa shape index (κ3) is 7.70. The summed E-state index contributed by atoms with van der Waals surface area (Å²) in [6.45, 7) is 4.03. The Morgan fingerprint density at radius 2 is 1.73 bits per heavy atom. The van der Waals surface area contributed by atoms with Crippen molar-refractivity contribution in [3.8, 4) is 5.69 Å². The summed E-state index contributed by atoms with van der Waals surface area (Å²) in [7, 11) is 0. The van der Waals surface area contributed by atoms with Crippen LogP contribution in [0.15, 0.2) is 41.3 Å². The average Bonchev–Trinajstić information content (AvgIpc) is 3.69. The van der Waals surface area contributed by atoms with Gasteiger partial charge in [-0.15, -0.1) is 0 Å². The van der Waals surface area contributed by atoms with Gasteiger partial charge >= 0.3 is 6.55 Å². The SMILES string of the molecule is C1CCC1.CC.N=CN(C(=N)Cc1cccc(-n2cc(C3CC3)c3cc(CN4CCCCC4)[nH]c3c2=O)c1)C(F)F. The van der Waals surface area contributed by atoms with Crippen LogP contribution in [0.2, 0.25) is 0 Å². The molecule has 3 fully saturated rings. The van der Waals surface area contributed by atoms with Crippen LogP contribution in [0.5, 0.6) is 0 Å². The second-order valence-electron chi connectivity index (χ2n) is 11.0. The molecule has 2 saturated carbocycles. The van der Waals surface area contributed by atoms with Crippen LogP contribution in [0.1, 0.15) is 94.4 Å². The standard InChI is InChI=1S/C26H30F2N6O.C4H8.C2H6/c27-26(28)34(16-29)23(30)12-17-5-4-6-20(11-17)33-15-22(18-7-8-18)21-13-19(31-24(21)25(33)35)14-32-9-2-1-3-10-32;1-2-4-3-1;1-2/h4-6,11,13,15-16,18,26,29-31H,1-3,7-10,12,14H2;1-4H2;1-2H3. The van der Waals surface area contributed by atoms with E-state index < -0.39 is 6.55 Å². The Morgan fingerprint density at radius 1 is 1.07 bits per heavy atom. The zero-order valence-corrected chi connectivity index (χ0v) is 24.4. The van der Waals surface area contributed by atoms with E-state index in [-0.39, 0.29) is 17.8 Å². The molecule has 3 N–H and O–H groups in total. The Balaban J connectivity index is 0.000000584. The zero-order chi connectivity index (χ0) is 29.4. The topological polar surface area (TPSA) is 92.0 Å². The molecule has 0 atom stereocenters. The third-order valence-electron chi connectivity index (χ3n) is 7.97. The van der Waals surface area contributed by atoms with Crippen molar-refractivity contribution in [2.75, 3.05) is 13.1 Å². The number of fused-ring (bicyclic) bond motifs is 1. The third-order valence-corrected chi connectivity index (χ3v) is 7.97. The Bertz CT molecular complexity index is 1360. The first-order valence-electron chi connectivity index (χ1n) is 15.2. The Morgan fingerprint density at radius 3 is 2.32 bits per heavy atom. The van der Waals surface area contributed by atoms with Crippen molar-refractivity contribution >= 4 is 23.1 Å². The van der Waals surface area contributed by atoms with Crippen molar-refractivity contribution < 1.29 is 8.78 Å². The number of halogens is 2. The van der Waals surface area contributed by atoms with Crippen molar-refractivity contribution in [2.45, 2.75) is 97.1 Å². The molecular weight excluding hydrogens is 522 g/mol.